The molecule has 0 radical (unpaired) electrons. The summed E-state index contributed by atoms with van der Waals surface area (Å²) in [6.45, 7) is 3.19. The fourth-order valence-corrected chi connectivity index (χ4v) is 1.42. The Morgan fingerprint density at radius 1 is 1.08 bits per heavy atom. The van der Waals surface area contributed by atoms with Crippen molar-refractivity contribution >= 4 is 21.6 Å². The van der Waals surface area contributed by atoms with E-state index in [0.717, 1.165) is 0 Å². The van der Waals surface area contributed by atoms with Gasteiger partial charge in [0.2, 0.25) is 0 Å². The molecule has 0 atom stereocenters. The van der Waals surface area contributed by atoms with E-state index in [0.29, 0.717) is 11.1 Å². The van der Waals surface area contributed by atoms with E-state index in [4.69, 9.17) is 5.73 Å². The molecule has 1 aromatic carbocycles. The van der Waals surface area contributed by atoms with Gasteiger partial charge in [0, 0.05) is 0 Å². The predicted octanol–water partition coefficient (Wildman–Crippen LogP) is 2.93. The van der Waals surface area contributed by atoms with Crippen molar-refractivity contribution in [2.75, 3.05) is 5.73 Å². The third-order valence-electron chi connectivity index (χ3n) is 1.89. The van der Waals surface area contributed by atoms with Crippen LogP contribution in [0.5, 0.6) is 0 Å². The molecule has 1 aromatic rings. The van der Waals surface area contributed by atoms with Crippen LogP contribution < -0.4 is 5.73 Å². The highest BCUT2D eigenvalue weighted by molar-refractivity contribution is 9.10. The molecule has 66 valence electrons. The minimum absolute atomic E-state index is 0.235. The summed E-state index contributed by atoms with van der Waals surface area (Å²) in [5, 5.41) is 0. The highest BCUT2D eigenvalue weighted by atomic mass is 79.9. The van der Waals surface area contributed by atoms with Gasteiger partial charge in [-0.15, -0.1) is 0 Å². The van der Waals surface area contributed by atoms with Crippen molar-refractivity contribution < 1.29 is 8.78 Å². The monoisotopic (exact) mass is 235 g/mol. The highest BCUT2D eigenvalue weighted by Gasteiger charge is 2.15. The summed E-state index contributed by atoms with van der Waals surface area (Å²) in [4.78, 5) is 0. The number of nitrogen functional groups attached to an aromatic ring is 1. The maximum absolute atomic E-state index is 13.0. The predicted molar refractivity (Wildman–Crippen MR) is 47.9 cm³/mol. The first-order valence-corrected chi connectivity index (χ1v) is 4.15. The van der Waals surface area contributed by atoms with Gasteiger partial charge in [0.15, 0.2) is 11.6 Å². The maximum atomic E-state index is 13.0. The van der Waals surface area contributed by atoms with E-state index in [1.165, 1.54) is 0 Å². The Morgan fingerprint density at radius 3 is 2.08 bits per heavy atom. The zero-order valence-corrected chi connectivity index (χ0v) is 8.30. The van der Waals surface area contributed by atoms with Gasteiger partial charge in [-0.3, -0.25) is 0 Å². The molecule has 0 aromatic heterocycles. The Bertz CT molecular complexity index is 231. The van der Waals surface area contributed by atoms with Crippen LogP contribution in [0.2, 0.25) is 0 Å². The fourth-order valence-electron chi connectivity index (χ4n) is 0.910. The number of nitrogens with two attached hydrogens (primary N) is 1. The topological polar surface area (TPSA) is 26.0 Å². The maximum Gasteiger partial charge on any atom is 0.163 e. The molecule has 2 N–H and O–H groups in total. The summed E-state index contributed by atoms with van der Waals surface area (Å²) < 4.78 is 26.3. The van der Waals surface area contributed by atoms with E-state index < -0.39 is 17.3 Å². The van der Waals surface area contributed by atoms with Crippen molar-refractivity contribution in [2.45, 2.75) is 13.8 Å². The average Bonchev–Trinajstić information content (AvgIpc) is 2.08. The molecule has 0 unspecified atom stereocenters. The van der Waals surface area contributed by atoms with Crippen molar-refractivity contribution in [3.63, 3.8) is 0 Å². The van der Waals surface area contributed by atoms with Crippen molar-refractivity contribution in [1.29, 1.82) is 0 Å². The summed E-state index contributed by atoms with van der Waals surface area (Å²) in [7, 11) is 0. The van der Waals surface area contributed by atoms with E-state index in [9.17, 15) is 8.78 Å². The molecule has 12 heavy (non-hydrogen) atoms. The van der Waals surface area contributed by atoms with Gasteiger partial charge in [-0.05, 0) is 40.9 Å². The lowest BCUT2D eigenvalue weighted by Crippen LogP contribution is -2.01. The second-order valence-electron chi connectivity index (χ2n) is 2.61. The van der Waals surface area contributed by atoms with Gasteiger partial charge in [0.1, 0.15) is 5.69 Å². The van der Waals surface area contributed by atoms with Crippen molar-refractivity contribution in [1.82, 2.24) is 0 Å². The molecule has 0 aliphatic heterocycles. The lowest BCUT2D eigenvalue weighted by molar-refractivity contribution is 0.579. The highest BCUT2D eigenvalue weighted by Crippen LogP contribution is 2.30. The number of halogens is 3. The SMILES string of the molecule is Cc1c(C)c(Br)c(F)c(N)c1F. The van der Waals surface area contributed by atoms with Gasteiger partial charge in [-0.25, -0.2) is 8.78 Å². The van der Waals surface area contributed by atoms with Crippen LogP contribution >= 0.6 is 15.9 Å². The molecule has 0 spiro atoms. The molecule has 0 heterocycles. The van der Waals surface area contributed by atoms with Crippen molar-refractivity contribution in [2.24, 2.45) is 0 Å². The summed E-state index contributed by atoms with van der Waals surface area (Å²) in [5.74, 6) is -1.40. The summed E-state index contributed by atoms with van der Waals surface area (Å²) in [5.41, 5.74) is 5.66. The molecule has 0 bridgehead atoms. The first-order valence-electron chi connectivity index (χ1n) is 3.36. The summed E-state index contributed by atoms with van der Waals surface area (Å²) in [6.07, 6.45) is 0. The molecule has 0 saturated heterocycles. The standard InChI is InChI=1S/C8H8BrF2N/c1-3-4(2)6(10)8(12)7(11)5(3)9/h12H2,1-2H3. The van der Waals surface area contributed by atoms with Crippen LogP contribution in [0.3, 0.4) is 0 Å². The third-order valence-corrected chi connectivity index (χ3v) is 2.83. The molecule has 0 fully saturated rings. The summed E-state index contributed by atoms with van der Waals surface area (Å²) >= 11 is 2.99. The second-order valence-corrected chi connectivity index (χ2v) is 3.40. The van der Waals surface area contributed by atoms with Crippen LogP contribution in [0.4, 0.5) is 14.5 Å². The number of hydrogen-bond acceptors (Lipinski definition) is 1. The van der Waals surface area contributed by atoms with E-state index in [2.05, 4.69) is 15.9 Å². The smallest absolute Gasteiger partial charge is 0.163 e. The van der Waals surface area contributed by atoms with Crippen LogP contribution in [0.1, 0.15) is 11.1 Å². The molecule has 0 aliphatic carbocycles. The molecular formula is C8H8BrF2N. The number of rotatable bonds is 0. The Kier molecular flexibility index (Phi) is 2.37. The number of benzene rings is 1. The largest absolute Gasteiger partial charge is 0.394 e. The molecule has 1 rings (SSSR count). The van der Waals surface area contributed by atoms with Crippen LogP contribution in [0, 0.1) is 25.5 Å². The van der Waals surface area contributed by atoms with E-state index in [-0.39, 0.29) is 4.47 Å². The molecule has 4 heteroatoms. The lowest BCUT2D eigenvalue weighted by Gasteiger charge is -2.08. The van der Waals surface area contributed by atoms with Gasteiger partial charge in [-0.2, -0.15) is 0 Å². The summed E-state index contributed by atoms with van der Waals surface area (Å²) in [6, 6.07) is 0. The first-order chi connectivity index (χ1) is 5.46. The van der Waals surface area contributed by atoms with Crippen LogP contribution in [-0.4, -0.2) is 0 Å². The number of hydrogen-bond donors (Lipinski definition) is 1. The zero-order chi connectivity index (χ0) is 9.46. The molecule has 1 nitrogen and oxygen atoms in total. The lowest BCUT2D eigenvalue weighted by atomic mass is 10.1. The molecule has 0 aliphatic rings. The molecule has 0 amide bonds. The van der Waals surface area contributed by atoms with Crippen molar-refractivity contribution in [3.05, 3.63) is 27.2 Å². The van der Waals surface area contributed by atoms with Gasteiger partial charge >= 0.3 is 0 Å². The van der Waals surface area contributed by atoms with Gasteiger partial charge in [0.05, 0.1) is 4.47 Å². The van der Waals surface area contributed by atoms with Gasteiger partial charge in [-0.1, -0.05) is 0 Å². The first kappa shape index (κ1) is 9.45. The van der Waals surface area contributed by atoms with Crippen molar-refractivity contribution in [3.8, 4) is 0 Å². The van der Waals surface area contributed by atoms with Gasteiger partial charge in [0.25, 0.3) is 0 Å². The van der Waals surface area contributed by atoms with Crippen LogP contribution in [0.25, 0.3) is 0 Å². The Balaban J connectivity index is 3.60. The molecule has 0 saturated carbocycles. The van der Waals surface area contributed by atoms with Gasteiger partial charge < -0.3 is 5.73 Å². The van der Waals surface area contributed by atoms with Crippen LogP contribution in [-0.2, 0) is 0 Å². The minimum Gasteiger partial charge on any atom is -0.394 e. The van der Waals surface area contributed by atoms with E-state index in [1.54, 1.807) is 13.8 Å². The minimum atomic E-state index is -0.726. The van der Waals surface area contributed by atoms with Crippen LogP contribution in [0.15, 0.2) is 4.47 Å². The quantitative estimate of drug-likeness (QED) is 0.543. The Hall–Kier alpha value is -0.640. The van der Waals surface area contributed by atoms with E-state index in [1.807, 2.05) is 0 Å². The normalized spacial score (nSPS) is 10.4. The number of anilines is 1. The zero-order valence-electron chi connectivity index (χ0n) is 6.71. The molecular weight excluding hydrogens is 228 g/mol. The third kappa shape index (κ3) is 1.20. The Labute approximate surface area is 77.7 Å². The Morgan fingerprint density at radius 2 is 1.58 bits per heavy atom. The fraction of sp³-hybridized carbons (Fsp3) is 0.250. The van der Waals surface area contributed by atoms with E-state index >= 15 is 0 Å². The second kappa shape index (κ2) is 3.01. The average molecular weight is 236 g/mol.